The molecule has 16 heavy (non-hydrogen) atoms. The third kappa shape index (κ3) is 2.36. The predicted octanol–water partition coefficient (Wildman–Crippen LogP) is 3.58. The number of aryl methyl sites for hydroxylation is 1. The van der Waals surface area contributed by atoms with Gasteiger partial charge in [0.05, 0.1) is 9.88 Å². The summed E-state index contributed by atoms with van der Waals surface area (Å²) in [4.78, 5) is 16.1. The zero-order valence-corrected chi connectivity index (χ0v) is 9.96. The smallest absolute Gasteiger partial charge is 0.150 e. The van der Waals surface area contributed by atoms with Crippen molar-refractivity contribution in [2.75, 3.05) is 0 Å². The number of benzene rings is 1. The van der Waals surface area contributed by atoms with E-state index in [0.717, 1.165) is 24.7 Å². The quantitative estimate of drug-likeness (QED) is 0.753. The Hall–Kier alpha value is -1.48. The normalized spacial score (nSPS) is 10.3. The van der Waals surface area contributed by atoms with Crippen molar-refractivity contribution in [2.45, 2.75) is 19.8 Å². The molecule has 0 saturated carbocycles. The van der Waals surface area contributed by atoms with E-state index in [4.69, 9.17) is 0 Å². The monoisotopic (exact) mass is 231 g/mol. The average molecular weight is 231 g/mol. The average Bonchev–Trinajstić information content (AvgIpc) is 2.78. The summed E-state index contributed by atoms with van der Waals surface area (Å²) in [5.74, 6) is 0. The Balaban J connectivity index is 2.24. The highest BCUT2D eigenvalue weighted by atomic mass is 32.1. The van der Waals surface area contributed by atoms with Gasteiger partial charge in [0.1, 0.15) is 6.29 Å². The lowest BCUT2D eigenvalue weighted by Gasteiger charge is -1.96. The Morgan fingerprint density at radius 1 is 1.31 bits per heavy atom. The van der Waals surface area contributed by atoms with E-state index in [0.29, 0.717) is 5.56 Å². The third-order valence-electron chi connectivity index (χ3n) is 2.35. The lowest BCUT2D eigenvalue weighted by atomic mass is 10.1. The molecular weight excluding hydrogens is 218 g/mol. The van der Waals surface area contributed by atoms with Gasteiger partial charge >= 0.3 is 0 Å². The minimum atomic E-state index is 0.710. The van der Waals surface area contributed by atoms with Crippen LogP contribution in [0, 0.1) is 0 Å². The van der Waals surface area contributed by atoms with Crippen LogP contribution in [0.5, 0.6) is 0 Å². The van der Waals surface area contributed by atoms with Gasteiger partial charge < -0.3 is 0 Å². The summed E-state index contributed by atoms with van der Waals surface area (Å²) in [7, 11) is 0. The van der Waals surface area contributed by atoms with Crippen LogP contribution >= 0.6 is 11.3 Å². The molecule has 1 aromatic carbocycles. The van der Waals surface area contributed by atoms with Crippen molar-refractivity contribution >= 4 is 17.6 Å². The molecule has 2 aromatic rings. The Kier molecular flexibility index (Phi) is 3.47. The number of hydrogen-bond donors (Lipinski definition) is 0. The summed E-state index contributed by atoms with van der Waals surface area (Å²) >= 11 is 1.72. The van der Waals surface area contributed by atoms with E-state index in [1.165, 1.54) is 9.88 Å². The summed E-state index contributed by atoms with van der Waals surface area (Å²) in [5.41, 5.74) is 1.84. The van der Waals surface area contributed by atoms with Crippen molar-refractivity contribution < 1.29 is 4.79 Å². The van der Waals surface area contributed by atoms with Gasteiger partial charge in [-0.25, -0.2) is 4.98 Å². The van der Waals surface area contributed by atoms with Crippen LogP contribution in [0.1, 0.15) is 28.7 Å². The van der Waals surface area contributed by atoms with Crippen LogP contribution in [0.3, 0.4) is 0 Å². The summed E-state index contributed by atoms with van der Waals surface area (Å²) in [5, 5.41) is 1.18. The minimum absolute atomic E-state index is 0.710. The highest BCUT2D eigenvalue weighted by Crippen LogP contribution is 2.26. The molecule has 2 rings (SSSR count). The zero-order chi connectivity index (χ0) is 11.4. The summed E-state index contributed by atoms with van der Waals surface area (Å²) in [6.45, 7) is 2.15. The standard InChI is InChI=1S/C13H13NOS/c1-2-3-13-14-8-12(16-13)11-6-4-10(9-15)5-7-11/h4-9H,2-3H2,1H3. The fraction of sp³-hybridized carbons (Fsp3) is 0.231. The molecule has 0 unspecified atom stereocenters. The Morgan fingerprint density at radius 3 is 2.69 bits per heavy atom. The highest BCUT2D eigenvalue weighted by molar-refractivity contribution is 7.15. The Bertz CT molecular complexity index is 473. The maximum Gasteiger partial charge on any atom is 0.150 e. The molecule has 0 amide bonds. The van der Waals surface area contributed by atoms with Gasteiger partial charge in [0, 0.05) is 11.8 Å². The molecule has 0 atom stereocenters. The van der Waals surface area contributed by atoms with Gasteiger partial charge in [0.2, 0.25) is 0 Å². The maximum absolute atomic E-state index is 10.5. The molecule has 1 heterocycles. The Labute approximate surface area is 99.0 Å². The molecular formula is C13H13NOS. The molecule has 0 radical (unpaired) electrons. The molecule has 0 aliphatic carbocycles. The number of nitrogens with zero attached hydrogens (tertiary/aromatic N) is 1. The number of hydrogen-bond acceptors (Lipinski definition) is 3. The van der Waals surface area contributed by atoms with E-state index in [1.54, 1.807) is 11.3 Å². The van der Waals surface area contributed by atoms with Crippen LogP contribution in [0.4, 0.5) is 0 Å². The van der Waals surface area contributed by atoms with E-state index >= 15 is 0 Å². The van der Waals surface area contributed by atoms with E-state index in [1.807, 2.05) is 30.5 Å². The summed E-state index contributed by atoms with van der Waals surface area (Å²) < 4.78 is 0. The molecule has 2 nitrogen and oxygen atoms in total. The van der Waals surface area contributed by atoms with E-state index in [9.17, 15) is 4.79 Å². The lowest BCUT2D eigenvalue weighted by molar-refractivity contribution is 0.112. The molecule has 0 spiro atoms. The van der Waals surface area contributed by atoms with Gasteiger partial charge in [0.15, 0.2) is 0 Å². The van der Waals surface area contributed by atoms with Crippen LogP contribution in [0.2, 0.25) is 0 Å². The van der Waals surface area contributed by atoms with Gasteiger partial charge in [-0.15, -0.1) is 11.3 Å². The lowest BCUT2D eigenvalue weighted by Crippen LogP contribution is -1.78. The number of carbonyl (C=O) groups is 1. The molecule has 0 saturated heterocycles. The maximum atomic E-state index is 10.5. The first-order chi connectivity index (χ1) is 7.83. The largest absolute Gasteiger partial charge is 0.298 e. The first-order valence-electron chi connectivity index (χ1n) is 5.34. The summed E-state index contributed by atoms with van der Waals surface area (Å²) in [6.07, 6.45) is 4.93. The van der Waals surface area contributed by atoms with Crippen LogP contribution < -0.4 is 0 Å². The van der Waals surface area contributed by atoms with E-state index in [2.05, 4.69) is 11.9 Å². The van der Waals surface area contributed by atoms with Crippen LogP contribution in [-0.2, 0) is 6.42 Å². The second kappa shape index (κ2) is 5.03. The third-order valence-corrected chi connectivity index (χ3v) is 3.45. The fourth-order valence-electron chi connectivity index (χ4n) is 1.50. The number of carbonyl (C=O) groups excluding carboxylic acids is 1. The topological polar surface area (TPSA) is 30.0 Å². The van der Waals surface area contributed by atoms with Crippen molar-refractivity contribution in [3.05, 3.63) is 41.0 Å². The zero-order valence-electron chi connectivity index (χ0n) is 9.14. The number of aldehydes is 1. The molecule has 3 heteroatoms. The first kappa shape index (κ1) is 11.0. The highest BCUT2D eigenvalue weighted by Gasteiger charge is 2.03. The van der Waals surface area contributed by atoms with Crippen molar-refractivity contribution in [1.82, 2.24) is 4.98 Å². The summed E-state index contributed by atoms with van der Waals surface area (Å²) in [6, 6.07) is 7.60. The minimum Gasteiger partial charge on any atom is -0.298 e. The van der Waals surface area contributed by atoms with Gasteiger partial charge in [-0.2, -0.15) is 0 Å². The van der Waals surface area contributed by atoms with Crippen LogP contribution in [0.15, 0.2) is 30.5 Å². The molecule has 0 fully saturated rings. The number of rotatable bonds is 4. The molecule has 0 bridgehead atoms. The van der Waals surface area contributed by atoms with Gasteiger partial charge in [-0.3, -0.25) is 4.79 Å². The molecule has 0 aliphatic rings. The SMILES string of the molecule is CCCc1ncc(-c2ccc(C=O)cc2)s1. The molecule has 82 valence electrons. The Morgan fingerprint density at radius 2 is 2.06 bits per heavy atom. The second-order valence-electron chi connectivity index (χ2n) is 3.61. The van der Waals surface area contributed by atoms with Gasteiger partial charge in [-0.1, -0.05) is 31.2 Å². The first-order valence-corrected chi connectivity index (χ1v) is 6.15. The van der Waals surface area contributed by atoms with Crippen LogP contribution in [-0.4, -0.2) is 11.3 Å². The van der Waals surface area contributed by atoms with Crippen molar-refractivity contribution in [3.63, 3.8) is 0 Å². The number of aromatic nitrogens is 1. The molecule has 0 N–H and O–H groups in total. The van der Waals surface area contributed by atoms with Crippen molar-refractivity contribution in [2.24, 2.45) is 0 Å². The van der Waals surface area contributed by atoms with Gasteiger partial charge in [-0.05, 0) is 18.4 Å². The van der Waals surface area contributed by atoms with Crippen LogP contribution in [0.25, 0.3) is 10.4 Å². The second-order valence-corrected chi connectivity index (χ2v) is 4.72. The van der Waals surface area contributed by atoms with Crippen molar-refractivity contribution in [1.29, 1.82) is 0 Å². The van der Waals surface area contributed by atoms with E-state index < -0.39 is 0 Å². The van der Waals surface area contributed by atoms with Crippen molar-refractivity contribution in [3.8, 4) is 10.4 Å². The molecule has 0 aliphatic heterocycles. The molecule has 1 aromatic heterocycles. The number of thiazole rings is 1. The van der Waals surface area contributed by atoms with E-state index in [-0.39, 0.29) is 0 Å². The fourth-order valence-corrected chi connectivity index (χ4v) is 2.52. The van der Waals surface area contributed by atoms with Gasteiger partial charge in [0.25, 0.3) is 0 Å². The predicted molar refractivity (Wildman–Crippen MR) is 66.9 cm³/mol.